The van der Waals surface area contributed by atoms with Crippen LogP contribution in [-0.4, -0.2) is 25.1 Å². The third kappa shape index (κ3) is 2.96. The van der Waals surface area contributed by atoms with Crippen LogP contribution in [0.4, 0.5) is 5.13 Å². The van der Waals surface area contributed by atoms with Crippen molar-refractivity contribution in [2.45, 2.75) is 20.4 Å². The van der Waals surface area contributed by atoms with Gasteiger partial charge in [0.15, 0.2) is 10.8 Å². The Balaban J connectivity index is 2.15. The first-order valence-electron chi connectivity index (χ1n) is 5.83. The molecule has 0 radical (unpaired) electrons. The summed E-state index contributed by atoms with van der Waals surface area (Å²) >= 11 is 1.46. The number of nitrogens with zero attached hydrogens (tertiary/aromatic N) is 2. The first kappa shape index (κ1) is 13.6. The molecule has 0 aliphatic heterocycles. The molecule has 102 valence electrons. The summed E-state index contributed by atoms with van der Waals surface area (Å²) in [6.45, 7) is 4.38. The highest BCUT2D eigenvalue weighted by Crippen LogP contribution is 2.26. The Bertz CT molecular complexity index is 588. The summed E-state index contributed by atoms with van der Waals surface area (Å²) in [6.07, 6.45) is 0. The Labute approximate surface area is 115 Å². The first-order chi connectivity index (χ1) is 9.01. The molecule has 2 heterocycles. The van der Waals surface area contributed by atoms with Gasteiger partial charge in [-0.15, -0.1) is 11.3 Å². The average molecular weight is 280 g/mol. The Hall–Kier alpha value is -1.82. The van der Waals surface area contributed by atoms with Crippen LogP contribution in [0, 0.1) is 13.8 Å². The van der Waals surface area contributed by atoms with Crippen molar-refractivity contribution in [1.29, 1.82) is 0 Å². The Morgan fingerprint density at radius 1 is 1.47 bits per heavy atom. The number of ether oxygens (including phenoxy) is 1. The maximum Gasteiger partial charge on any atom is 0.357 e. The van der Waals surface area contributed by atoms with E-state index < -0.39 is 5.97 Å². The van der Waals surface area contributed by atoms with E-state index in [-0.39, 0.29) is 0 Å². The van der Waals surface area contributed by atoms with Crippen LogP contribution < -0.4 is 4.90 Å². The van der Waals surface area contributed by atoms with E-state index in [2.05, 4.69) is 4.98 Å². The molecule has 0 amide bonds. The van der Waals surface area contributed by atoms with Gasteiger partial charge < -0.3 is 14.1 Å². The van der Waals surface area contributed by atoms with Gasteiger partial charge in [0, 0.05) is 11.9 Å². The molecule has 0 saturated carbocycles. The van der Waals surface area contributed by atoms with E-state index in [0.29, 0.717) is 12.2 Å². The third-order valence-electron chi connectivity index (χ3n) is 2.68. The smallest absolute Gasteiger partial charge is 0.357 e. The summed E-state index contributed by atoms with van der Waals surface area (Å²) in [5.41, 5.74) is 0.380. The minimum Gasteiger partial charge on any atom is -0.464 e. The van der Waals surface area contributed by atoms with Crippen LogP contribution >= 0.6 is 11.3 Å². The van der Waals surface area contributed by atoms with Crippen molar-refractivity contribution in [2.75, 3.05) is 19.1 Å². The summed E-state index contributed by atoms with van der Waals surface area (Å²) in [4.78, 5) is 18.6. The summed E-state index contributed by atoms with van der Waals surface area (Å²) in [6, 6.07) is 3.86. The molecule has 0 aromatic carbocycles. The monoisotopic (exact) mass is 280 g/mol. The average Bonchev–Trinajstić information content (AvgIpc) is 2.95. The van der Waals surface area contributed by atoms with Crippen molar-refractivity contribution >= 4 is 22.4 Å². The highest BCUT2D eigenvalue weighted by atomic mass is 32.1. The molecule has 2 aromatic heterocycles. The number of hydrogen-bond donors (Lipinski definition) is 0. The lowest BCUT2D eigenvalue weighted by Crippen LogP contribution is -2.16. The Morgan fingerprint density at radius 3 is 2.79 bits per heavy atom. The van der Waals surface area contributed by atoms with Crippen molar-refractivity contribution in [3.8, 4) is 0 Å². The van der Waals surface area contributed by atoms with Crippen molar-refractivity contribution < 1.29 is 13.9 Å². The molecule has 0 saturated heterocycles. The third-order valence-corrected chi connectivity index (χ3v) is 3.76. The summed E-state index contributed by atoms with van der Waals surface area (Å²) in [5.74, 6) is 1.35. The van der Waals surface area contributed by atoms with Gasteiger partial charge in [-0.1, -0.05) is 0 Å². The number of methoxy groups -OCH3 is 1. The zero-order chi connectivity index (χ0) is 14.0. The van der Waals surface area contributed by atoms with E-state index in [1.807, 2.05) is 37.9 Å². The van der Waals surface area contributed by atoms with Gasteiger partial charge in [-0.2, -0.15) is 0 Å². The van der Waals surface area contributed by atoms with Crippen LogP contribution in [-0.2, 0) is 11.3 Å². The minimum atomic E-state index is -0.401. The molecule has 0 unspecified atom stereocenters. The van der Waals surface area contributed by atoms with Gasteiger partial charge in [0.05, 0.1) is 13.7 Å². The lowest BCUT2D eigenvalue weighted by Gasteiger charge is -2.13. The SMILES string of the molecule is COC(=O)c1nc(N(C)Cc2ccc(C)o2)sc1C. The summed E-state index contributed by atoms with van der Waals surface area (Å²) < 4.78 is 10.2. The topological polar surface area (TPSA) is 55.6 Å². The lowest BCUT2D eigenvalue weighted by atomic mass is 10.4. The fraction of sp³-hybridized carbons (Fsp3) is 0.385. The van der Waals surface area contributed by atoms with E-state index >= 15 is 0 Å². The number of carbonyl (C=O) groups excluding carboxylic acids is 1. The normalized spacial score (nSPS) is 10.5. The van der Waals surface area contributed by atoms with Gasteiger partial charge in [0.1, 0.15) is 11.5 Å². The van der Waals surface area contributed by atoms with Gasteiger partial charge in [-0.25, -0.2) is 9.78 Å². The van der Waals surface area contributed by atoms with E-state index in [1.165, 1.54) is 18.4 Å². The fourth-order valence-corrected chi connectivity index (χ4v) is 2.56. The zero-order valence-corrected chi connectivity index (χ0v) is 12.2. The largest absolute Gasteiger partial charge is 0.464 e. The van der Waals surface area contributed by atoms with Crippen LogP contribution in [0.15, 0.2) is 16.5 Å². The van der Waals surface area contributed by atoms with E-state index in [9.17, 15) is 4.79 Å². The minimum absolute atomic E-state index is 0.380. The van der Waals surface area contributed by atoms with Crippen molar-refractivity contribution in [1.82, 2.24) is 4.98 Å². The van der Waals surface area contributed by atoms with Gasteiger partial charge >= 0.3 is 5.97 Å². The maximum atomic E-state index is 11.5. The molecule has 2 rings (SSSR count). The summed E-state index contributed by atoms with van der Waals surface area (Å²) in [5, 5.41) is 0.770. The quantitative estimate of drug-likeness (QED) is 0.806. The molecule has 0 aliphatic carbocycles. The lowest BCUT2D eigenvalue weighted by molar-refractivity contribution is 0.0594. The number of hydrogen-bond acceptors (Lipinski definition) is 6. The van der Waals surface area contributed by atoms with E-state index in [0.717, 1.165) is 21.5 Å². The summed E-state index contributed by atoms with van der Waals surface area (Å²) in [7, 11) is 3.27. The van der Waals surface area contributed by atoms with Gasteiger partial charge in [-0.3, -0.25) is 0 Å². The molecular formula is C13H16N2O3S. The van der Waals surface area contributed by atoms with Crippen molar-refractivity contribution in [3.63, 3.8) is 0 Å². The molecule has 0 N–H and O–H groups in total. The number of anilines is 1. The van der Waals surface area contributed by atoms with Gasteiger partial charge in [0.25, 0.3) is 0 Å². The molecule has 0 fully saturated rings. The van der Waals surface area contributed by atoms with Crippen LogP contribution in [0.25, 0.3) is 0 Å². The van der Waals surface area contributed by atoms with Crippen LogP contribution in [0.2, 0.25) is 0 Å². The molecule has 0 aliphatic rings. The number of aromatic nitrogens is 1. The van der Waals surface area contributed by atoms with Crippen molar-refractivity contribution in [2.24, 2.45) is 0 Å². The van der Waals surface area contributed by atoms with Gasteiger partial charge in [-0.05, 0) is 26.0 Å². The van der Waals surface area contributed by atoms with E-state index in [1.54, 1.807) is 0 Å². The molecule has 0 atom stereocenters. The first-order valence-corrected chi connectivity index (χ1v) is 6.65. The molecule has 6 heteroatoms. The number of rotatable bonds is 4. The second kappa shape index (κ2) is 5.44. The predicted molar refractivity (Wildman–Crippen MR) is 73.7 cm³/mol. The molecule has 0 bridgehead atoms. The number of carbonyl (C=O) groups is 1. The Morgan fingerprint density at radius 2 is 2.21 bits per heavy atom. The molecule has 0 spiro atoms. The number of esters is 1. The standard InChI is InChI=1S/C13H16N2O3S/c1-8-5-6-10(18-8)7-15(3)13-14-11(9(2)19-13)12(16)17-4/h5-6H,7H2,1-4H3. The number of furan rings is 1. The van der Waals surface area contributed by atoms with Crippen molar-refractivity contribution in [3.05, 3.63) is 34.2 Å². The van der Waals surface area contributed by atoms with E-state index in [4.69, 9.17) is 9.15 Å². The zero-order valence-electron chi connectivity index (χ0n) is 11.4. The second-order valence-corrected chi connectivity index (χ2v) is 5.44. The maximum absolute atomic E-state index is 11.5. The molecule has 2 aromatic rings. The highest BCUT2D eigenvalue weighted by molar-refractivity contribution is 7.15. The predicted octanol–water partition coefficient (Wildman–Crippen LogP) is 2.78. The highest BCUT2D eigenvalue weighted by Gasteiger charge is 2.18. The van der Waals surface area contributed by atoms with Crippen LogP contribution in [0.1, 0.15) is 26.9 Å². The number of thiazole rings is 1. The molecular weight excluding hydrogens is 264 g/mol. The van der Waals surface area contributed by atoms with Crippen LogP contribution in [0.5, 0.6) is 0 Å². The molecule has 5 nitrogen and oxygen atoms in total. The number of aryl methyl sites for hydroxylation is 2. The second-order valence-electron chi connectivity index (χ2n) is 4.26. The molecule has 19 heavy (non-hydrogen) atoms. The van der Waals surface area contributed by atoms with Gasteiger partial charge in [0.2, 0.25) is 0 Å². The fourth-order valence-electron chi connectivity index (χ4n) is 1.70. The van der Waals surface area contributed by atoms with Crippen LogP contribution in [0.3, 0.4) is 0 Å². The Kier molecular flexibility index (Phi) is 3.90.